The fourth-order valence-electron chi connectivity index (χ4n) is 20.0. The number of ether oxygens (including phenoxy) is 1. The monoisotopic (exact) mass is 1220 g/mol. The number of furan rings is 1. The van der Waals surface area contributed by atoms with E-state index >= 15 is 0 Å². The van der Waals surface area contributed by atoms with Crippen molar-refractivity contribution in [2.45, 2.75) is 204 Å². The molecule has 4 aromatic rings. The highest BCUT2D eigenvalue weighted by Crippen LogP contribution is 2.72. The van der Waals surface area contributed by atoms with Gasteiger partial charge in [-0.05, 0) is 208 Å². The number of benzene rings is 2. The first-order valence-corrected chi connectivity index (χ1v) is 36.8. The normalized spacial score (nSPS) is 34.9. The quantitative estimate of drug-likeness (QED) is 0.0175. The maximum absolute atomic E-state index is 11.9. The Morgan fingerprint density at radius 3 is 2.48 bits per heavy atom. The van der Waals surface area contributed by atoms with Crippen LogP contribution in [0.5, 0.6) is 11.5 Å². The highest BCUT2D eigenvalue weighted by atomic mass is 33.1. The van der Waals surface area contributed by atoms with Crippen molar-refractivity contribution in [3.63, 3.8) is 0 Å². The van der Waals surface area contributed by atoms with Gasteiger partial charge in [0.15, 0.2) is 17.5 Å². The van der Waals surface area contributed by atoms with Gasteiger partial charge in [0.05, 0.1) is 18.8 Å². The lowest BCUT2D eigenvalue weighted by Crippen LogP contribution is -2.55. The molecular formula is C73H102N6O6S2. The van der Waals surface area contributed by atoms with Crippen LogP contribution in [0, 0.1) is 63.6 Å². The highest BCUT2D eigenvalue weighted by molar-refractivity contribution is 8.76. The van der Waals surface area contributed by atoms with Crippen molar-refractivity contribution in [3.8, 4) is 11.5 Å². The zero-order valence-corrected chi connectivity index (χ0v) is 53.7. The zero-order valence-electron chi connectivity index (χ0n) is 52.1. The van der Waals surface area contributed by atoms with E-state index in [9.17, 15) is 20.4 Å². The number of phenols is 1. The van der Waals surface area contributed by atoms with Crippen molar-refractivity contribution < 1.29 is 29.6 Å². The molecule has 87 heavy (non-hydrogen) atoms. The van der Waals surface area contributed by atoms with Crippen LogP contribution in [-0.2, 0) is 32.3 Å². The Balaban J connectivity index is 0.625. The van der Waals surface area contributed by atoms with Gasteiger partial charge < -0.3 is 56.7 Å². The minimum absolute atomic E-state index is 0.00472. The summed E-state index contributed by atoms with van der Waals surface area (Å²) in [6, 6.07) is 21.4. The van der Waals surface area contributed by atoms with E-state index in [-0.39, 0.29) is 53.2 Å². The Bertz CT molecular complexity index is 3060. The molecule has 6 fully saturated rings. The third kappa shape index (κ3) is 12.6. The number of aromatic amines is 1. The molecule has 17 atom stereocenters. The number of hydrogen-bond acceptors (Lipinski definition) is 11. The molecule has 1 saturated heterocycles. The first-order valence-electron chi connectivity index (χ1n) is 34.3. The number of aromatic nitrogens is 1. The number of H-pyrrole nitrogens is 1. The number of allylic oxidation sites excluding steroid dienone is 4. The van der Waals surface area contributed by atoms with Gasteiger partial charge in [-0.3, -0.25) is 0 Å². The van der Waals surface area contributed by atoms with Gasteiger partial charge in [0.25, 0.3) is 0 Å². The molecule has 4 heterocycles. The van der Waals surface area contributed by atoms with E-state index < -0.39 is 12.2 Å². The maximum atomic E-state index is 11.9. The van der Waals surface area contributed by atoms with E-state index in [1.54, 1.807) is 6.07 Å². The summed E-state index contributed by atoms with van der Waals surface area (Å²) in [5, 5.41) is 51.2. The van der Waals surface area contributed by atoms with E-state index in [2.05, 4.69) is 83.2 Å². The van der Waals surface area contributed by atoms with Crippen molar-refractivity contribution in [1.29, 1.82) is 0 Å². The number of aromatic hydroxyl groups is 1. The van der Waals surface area contributed by atoms with E-state index in [0.717, 1.165) is 84.9 Å². The van der Waals surface area contributed by atoms with Crippen LogP contribution in [0.25, 0.3) is 0 Å². The third-order valence-electron chi connectivity index (χ3n) is 24.4. The zero-order chi connectivity index (χ0) is 59.9. The molecule has 2 aromatic carbocycles. The predicted octanol–water partition coefficient (Wildman–Crippen LogP) is 13.1. The summed E-state index contributed by atoms with van der Waals surface area (Å²) in [5.41, 5.74) is 21.2. The minimum Gasteiger partial charge on any atom is -0.504 e. The second-order valence-electron chi connectivity index (χ2n) is 29.3. The molecule has 15 rings (SSSR count). The summed E-state index contributed by atoms with van der Waals surface area (Å²) < 4.78 is 12.9. The van der Waals surface area contributed by atoms with Gasteiger partial charge in [0.2, 0.25) is 0 Å². The van der Waals surface area contributed by atoms with Crippen molar-refractivity contribution in [2.75, 3.05) is 31.2 Å². The SMILES string of the molecule is C[C@@H]1[C@@H]2C=C[C@]34CC[C@@H](CCc5oc(CCc6ccc(O)c(OC[C@H](O)c7cc8c([nH]7)[C@H]7C=C[C@@]9(CCC[C@@H]9C79CCCC9)[C@H]8CNC[C@H](C)O)c6)cc5CO)C[C@H](C[C@@H](N)[C@@H]3CSSC[C@H]1N=C(N)N[C@H]1CCC[C@H](CCc3ccccc3)C1)[C@@H]4C2. The standard InChI is InChI=1S/C73H102N6O6S2/c1-45(81)39-76-40-59-56-38-62(78-69(56)57-25-31-73(59)28-9-14-68(73)72(57)26-6-7-27-72)65(83)42-84-67-34-49(18-21-64(67)82)17-20-55-35-53(41-80)66(85-55)22-19-50-23-29-71-30-24-51-36-58(71)52(32-50)37-61(74)60(71)43-86-87-44-63(46(51)2)79-70(75)77-54-13-8-12-48(33-54)16-15-47-10-4-3-5-11-47/h3-5,10-11,18,21,24-25,30-31,34-35,38,45-46,48,50-52,54,57-61,63,65,68,76,78,80-83H,6-9,12-17,19-20,22-23,26-29,32-33,36-37,39-44,74H2,1-2H3,(H3,75,77,79)/t45-,46+,48+,50+,51+,52+,54-,57+,58-,59-,60-,61+,63+,65-,68+,71-,73-/m0/s1. The summed E-state index contributed by atoms with van der Waals surface area (Å²) in [6.07, 6.45) is 34.0. The number of guanidine groups is 1. The number of aliphatic hydroxyl groups is 3. The lowest BCUT2D eigenvalue weighted by molar-refractivity contribution is -0.00497. The van der Waals surface area contributed by atoms with Crippen molar-refractivity contribution in [2.24, 2.45) is 80.0 Å². The van der Waals surface area contributed by atoms with E-state index in [0.29, 0.717) is 90.4 Å². The Kier molecular flexibility index (Phi) is 18.9. The van der Waals surface area contributed by atoms with E-state index in [1.165, 1.54) is 107 Å². The summed E-state index contributed by atoms with van der Waals surface area (Å²) in [6.45, 7) is 5.56. The molecular weight excluding hydrogens is 1120 g/mol. The molecule has 12 nitrogen and oxygen atoms in total. The molecule has 0 unspecified atom stereocenters. The topological polar surface area (TPSA) is 208 Å². The number of nitrogens with zero attached hydrogens (tertiary/aromatic N) is 1. The number of fused-ring (bicyclic) bond motifs is 5. The largest absolute Gasteiger partial charge is 0.504 e. The summed E-state index contributed by atoms with van der Waals surface area (Å²) >= 11 is 0. The number of aliphatic imine (C=N–C) groups is 1. The van der Waals surface area contributed by atoms with Crippen LogP contribution in [-0.4, -0.2) is 86.8 Å². The molecule has 3 spiro atoms. The smallest absolute Gasteiger partial charge is 0.189 e. The lowest BCUT2D eigenvalue weighted by atomic mass is 9.50. The summed E-state index contributed by atoms with van der Waals surface area (Å²) in [7, 11) is 4.01. The average Bonchev–Trinajstić information content (AvgIpc) is 1.56. The number of aryl methyl sites for hydroxylation is 4. The Morgan fingerprint density at radius 1 is 0.828 bits per heavy atom. The molecule has 11 aliphatic rings. The van der Waals surface area contributed by atoms with Gasteiger partial charge in [0, 0.05) is 78.3 Å². The molecule has 7 bridgehead atoms. The third-order valence-corrected chi connectivity index (χ3v) is 26.8. The summed E-state index contributed by atoms with van der Waals surface area (Å²) in [5.74, 6) is 9.72. The first kappa shape index (κ1) is 61.7. The molecule has 9 aliphatic carbocycles. The molecule has 5 saturated carbocycles. The average molecular weight is 1220 g/mol. The number of nitrogens with two attached hydrogens (primary N) is 2. The van der Waals surface area contributed by atoms with Gasteiger partial charge in [0.1, 0.15) is 24.2 Å². The Morgan fingerprint density at radius 2 is 1.64 bits per heavy atom. The number of rotatable bonds is 20. The van der Waals surface area contributed by atoms with Gasteiger partial charge >= 0.3 is 0 Å². The number of phenolic OH excluding ortho intramolecular Hbond substituents is 1. The van der Waals surface area contributed by atoms with Crippen LogP contribution >= 0.6 is 21.6 Å². The molecule has 14 heteroatoms. The van der Waals surface area contributed by atoms with E-state index in [1.807, 2.05) is 46.7 Å². The molecule has 0 amide bonds. The van der Waals surface area contributed by atoms with E-state index in [4.69, 9.17) is 25.6 Å². The number of aliphatic hydroxyl groups excluding tert-OH is 3. The fourth-order valence-corrected chi connectivity index (χ4v) is 22.9. The Labute approximate surface area is 526 Å². The molecule has 2 aliphatic heterocycles. The van der Waals surface area contributed by atoms with Crippen LogP contribution < -0.4 is 26.8 Å². The molecule has 0 radical (unpaired) electrons. The van der Waals surface area contributed by atoms with Gasteiger partial charge in [-0.25, -0.2) is 4.99 Å². The van der Waals surface area contributed by atoms with Crippen LogP contribution in [0.1, 0.15) is 193 Å². The first-order chi connectivity index (χ1) is 42.3. The Hall–Kier alpha value is -4.15. The molecule has 2 aromatic heterocycles. The van der Waals surface area contributed by atoms with Crippen molar-refractivity contribution in [1.82, 2.24) is 15.6 Å². The molecule has 11 N–H and O–H groups in total. The van der Waals surface area contributed by atoms with Crippen molar-refractivity contribution >= 4 is 27.5 Å². The van der Waals surface area contributed by atoms with Crippen LogP contribution in [0.2, 0.25) is 0 Å². The number of nitrogens with one attached hydrogen (secondary N) is 3. The fraction of sp³-hybridized carbons (Fsp3) is 0.658. The van der Waals surface area contributed by atoms with Gasteiger partial charge in [-0.15, -0.1) is 0 Å². The van der Waals surface area contributed by atoms with Crippen LogP contribution in [0.4, 0.5) is 0 Å². The number of hydrogen-bond donors (Lipinski definition) is 9. The highest BCUT2D eigenvalue weighted by Gasteiger charge is 2.64. The van der Waals surface area contributed by atoms with Crippen molar-refractivity contribution in [3.05, 3.63) is 130 Å². The van der Waals surface area contributed by atoms with Crippen LogP contribution in [0.3, 0.4) is 0 Å². The predicted molar refractivity (Wildman–Crippen MR) is 353 cm³/mol. The molecule has 472 valence electrons. The second kappa shape index (κ2) is 26.6. The minimum atomic E-state index is -0.918. The lowest BCUT2D eigenvalue weighted by Gasteiger charge is -2.56. The van der Waals surface area contributed by atoms with Gasteiger partial charge in [-0.2, -0.15) is 0 Å². The van der Waals surface area contributed by atoms with Gasteiger partial charge in [-0.1, -0.05) is 121 Å². The maximum Gasteiger partial charge on any atom is 0.189 e. The van der Waals surface area contributed by atoms with Crippen LogP contribution in [0.15, 0.2) is 94.4 Å². The summed E-state index contributed by atoms with van der Waals surface area (Å²) in [4.78, 5) is 9.15. The second-order valence-corrected chi connectivity index (χ2v) is 31.8.